The summed E-state index contributed by atoms with van der Waals surface area (Å²) in [6.07, 6.45) is 0. The van der Waals surface area contributed by atoms with Crippen LogP contribution in [-0.4, -0.2) is 0 Å². The molecule has 1 heterocycles. The number of thiophene rings is 1. The van der Waals surface area contributed by atoms with E-state index < -0.39 is 0 Å². The maximum absolute atomic E-state index is 3.61. The van der Waals surface area contributed by atoms with Crippen LogP contribution in [0.5, 0.6) is 0 Å². The van der Waals surface area contributed by atoms with Gasteiger partial charge in [-0.3, -0.25) is 0 Å². The van der Waals surface area contributed by atoms with Gasteiger partial charge in [-0.15, -0.1) is 11.3 Å². The fourth-order valence-electron chi connectivity index (χ4n) is 2.64. The second-order valence-corrected chi connectivity index (χ2v) is 6.03. The second-order valence-electron chi connectivity index (χ2n) is 4.99. The predicted molar refractivity (Wildman–Crippen MR) is 80.2 cm³/mol. The van der Waals surface area contributed by atoms with Crippen LogP contribution >= 0.6 is 11.3 Å². The highest BCUT2D eigenvalue weighted by Gasteiger charge is 2.11. The summed E-state index contributed by atoms with van der Waals surface area (Å²) in [4.78, 5) is 1.39. The normalized spacial score (nSPS) is 12.7. The van der Waals surface area contributed by atoms with Crippen molar-refractivity contribution in [1.29, 1.82) is 0 Å². The van der Waals surface area contributed by atoms with Crippen molar-refractivity contribution in [2.45, 2.75) is 40.3 Å². The third-order valence-electron chi connectivity index (χ3n) is 3.33. The summed E-state index contributed by atoms with van der Waals surface area (Å²) in [6, 6.07) is 9.22. The molecule has 0 fully saturated rings. The maximum atomic E-state index is 3.61. The first kappa shape index (κ1) is 13.3. The van der Waals surface area contributed by atoms with Crippen molar-refractivity contribution in [1.82, 2.24) is 5.32 Å². The number of hydrogen-bond donors (Lipinski definition) is 1. The minimum Gasteiger partial charge on any atom is -0.305 e. The number of aryl methyl sites for hydroxylation is 3. The Morgan fingerprint density at radius 3 is 2.39 bits per heavy atom. The van der Waals surface area contributed by atoms with Gasteiger partial charge >= 0.3 is 0 Å². The summed E-state index contributed by atoms with van der Waals surface area (Å²) in [5.74, 6) is 0. The maximum Gasteiger partial charge on any atom is 0.0305 e. The minimum atomic E-state index is 0.396. The van der Waals surface area contributed by atoms with Crippen LogP contribution in [0, 0.1) is 20.8 Å². The molecule has 0 saturated heterocycles. The lowest BCUT2D eigenvalue weighted by molar-refractivity contribution is 0.573. The second kappa shape index (κ2) is 5.68. The van der Waals surface area contributed by atoms with Gasteiger partial charge < -0.3 is 5.32 Å². The summed E-state index contributed by atoms with van der Waals surface area (Å²) in [5, 5.41) is 5.74. The van der Waals surface area contributed by atoms with Gasteiger partial charge in [0.15, 0.2) is 0 Å². The summed E-state index contributed by atoms with van der Waals surface area (Å²) < 4.78 is 0. The van der Waals surface area contributed by atoms with Crippen molar-refractivity contribution in [3.05, 3.63) is 56.8 Å². The molecule has 1 atom stereocenters. The SMILES string of the molecule is Cc1cc(C)c(C(C)NCc2cccs2)c(C)c1. The Bertz CT molecular complexity index is 491. The van der Waals surface area contributed by atoms with E-state index in [1.165, 1.54) is 27.1 Å². The molecule has 0 aliphatic rings. The van der Waals surface area contributed by atoms with Crippen LogP contribution in [0.4, 0.5) is 0 Å². The minimum absolute atomic E-state index is 0.396. The van der Waals surface area contributed by atoms with Crippen molar-refractivity contribution in [3.8, 4) is 0 Å². The largest absolute Gasteiger partial charge is 0.305 e. The average molecular weight is 259 g/mol. The van der Waals surface area contributed by atoms with Crippen LogP contribution in [0.1, 0.15) is 40.1 Å². The smallest absolute Gasteiger partial charge is 0.0305 e. The van der Waals surface area contributed by atoms with Gasteiger partial charge in [0.1, 0.15) is 0 Å². The van der Waals surface area contributed by atoms with E-state index in [1.807, 2.05) is 11.3 Å². The van der Waals surface area contributed by atoms with Crippen molar-refractivity contribution in [2.24, 2.45) is 0 Å². The monoisotopic (exact) mass is 259 g/mol. The molecule has 1 nitrogen and oxygen atoms in total. The highest BCUT2D eigenvalue weighted by atomic mass is 32.1. The zero-order chi connectivity index (χ0) is 13.1. The Morgan fingerprint density at radius 2 is 1.83 bits per heavy atom. The molecular weight excluding hydrogens is 238 g/mol. The molecule has 2 rings (SSSR count). The molecule has 0 amide bonds. The Kier molecular flexibility index (Phi) is 4.20. The van der Waals surface area contributed by atoms with Gasteiger partial charge in [-0.2, -0.15) is 0 Å². The molecule has 0 aliphatic carbocycles. The Morgan fingerprint density at radius 1 is 1.17 bits per heavy atom. The number of hydrogen-bond acceptors (Lipinski definition) is 2. The predicted octanol–water partition coefficient (Wildman–Crippen LogP) is 4.52. The fraction of sp³-hybridized carbons (Fsp3) is 0.375. The van der Waals surface area contributed by atoms with Crippen LogP contribution in [0.25, 0.3) is 0 Å². The Balaban J connectivity index is 2.11. The van der Waals surface area contributed by atoms with Gasteiger partial charge in [-0.1, -0.05) is 23.8 Å². The molecule has 0 spiro atoms. The summed E-state index contributed by atoms with van der Waals surface area (Å²) in [6.45, 7) is 9.77. The molecule has 18 heavy (non-hydrogen) atoms. The molecule has 1 N–H and O–H groups in total. The quantitative estimate of drug-likeness (QED) is 0.851. The zero-order valence-corrected chi connectivity index (χ0v) is 12.4. The molecule has 2 heteroatoms. The van der Waals surface area contributed by atoms with E-state index in [1.54, 1.807) is 0 Å². The van der Waals surface area contributed by atoms with Crippen molar-refractivity contribution in [2.75, 3.05) is 0 Å². The summed E-state index contributed by atoms with van der Waals surface area (Å²) >= 11 is 1.81. The first-order valence-corrected chi connectivity index (χ1v) is 7.29. The van der Waals surface area contributed by atoms with Crippen LogP contribution < -0.4 is 5.32 Å². The number of benzene rings is 1. The Hall–Kier alpha value is -1.12. The van der Waals surface area contributed by atoms with E-state index >= 15 is 0 Å². The Labute approximate surface area is 114 Å². The van der Waals surface area contributed by atoms with Crippen molar-refractivity contribution >= 4 is 11.3 Å². The first-order chi connectivity index (χ1) is 8.58. The van der Waals surface area contributed by atoms with Crippen LogP contribution in [0.15, 0.2) is 29.6 Å². The van der Waals surface area contributed by atoms with E-state index in [-0.39, 0.29) is 0 Å². The van der Waals surface area contributed by atoms with Crippen LogP contribution in [0.3, 0.4) is 0 Å². The first-order valence-electron chi connectivity index (χ1n) is 6.41. The van der Waals surface area contributed by atoms with Gasteiger partial charge in [-0.05, 0) is 55.8 Å². The van der Waals surface area contributed by atoms with Gasteiger partial charge in [0.25, 0.3) is 0 Å². The number of nitrogens with one attached hydrogen (secondary N) is 1. The topological polar surface area (TPSA) is 12.0 Å². The molecular formula is C16H21NS. The van der Waals surface area contributed by atoms with Crippen LogP contribution in [0.2, 0.25) is 0 Å². The lowest BCUT2D eigenvalue weighted by Gasteiger charge is -2.19. The highest BCUT2D eigenvalue weighted by Crippen LogP contribution is 2.23. The van der Waals surface area contributed by atoms with Crippen LogP contribution in [-0.2, 0) is 6.54 Å². The molecule has 0 aliphatic heterocycles. The molecule has 1 aromatic carbocycles. The molecule has 2 aromatic rings. The van der Waals surface area contributed by atoms with E-state index in [0.29, 0.717) is 6.04 Å². The average Bonchev–Trinajstić information content (AvgIpc) is 2.77. The van der Waals surface area contributed by atoms with Gasteiger partial charge in [-0.25, -0.2) is 0 Å². The molecule has 1 aromatic heterocycles. The third kappa shape index (κ3) is 3.01. The van der Waals surface area contributed by atoms with E-state index in [2.05, 4.69) is 62.7 Å². The molecule has 0 bridgehead atoms. The van der Waals surface area contributed by atoms with E-state index in [9.17, 15) is 0 Å². The van der Waals surface area contributed by atoms with E-state index in [0.717, 1.165) is 6.54 Å². The van der Waals surface area contributed by atoms with Gasteiger partial charge in [0.2, 0.25) is 0 Å². The van der Waals surface area contributed by atoms with E-state index in [4.69, 9.17) is 0 Å². The summed E-state index contributed by atoms with van der Waals surface area (Å²) in [5.41, 5.74) is 5.56. The molecule has 0 radical (unpaired) electrons. The lowest BCUT2D eigenvalue weighted by atomic mass is 9.95. The highest BCUT2D eigenvalue weighted by molar-refractivity contribution is 7.09. The van der Waals surface area contributed by atoms with Gasteiger partial charge in [0, 0.05) is 17.5 Å². The summed E-state index contributed by atoms with van der Waals surface area (Å²) in [7, 11) is 0. The molecule has 1 unspecified atom stereocenters. The number of rotatable bonds is 4. The lowest BCUT2D eigenvalue weighted by Crippen LogP contribution is -2.19. The standard InChI is InChI=1S/C16H21NS/c1-11-8-12(2)16(13(3)9-11)14(4)17-10-15-6-5-7-18-15/h5-9,14,17H,10H2,1-4H3. The zero-order valence-electron chi connectivity index (χ0n) is 11.6. The van der Waals surface area contributed by atoms with Crippen molar-refractivity contribution < 1.29 is 0 Å². The third-order valence-corrected chi connectivity index (χ3v) is 4.21. The molecule has 0 saturated carbocycles. The van der Waals surface area contributed by atoms with Gasteiger partial charge in [0.05, 0.1) is 0 Å². The molecule has 96 valence electrons. The van der Waals surface area contributed by atoms with Crippen molar-refractivity contribution in [3.63, 3.8) is 0 Å². The fourth-order valence-corrected chi connectivity index (χ4v) is 3.30.